The van der Waals surface area contributed by atoms with Crippen LogP contribution >= 0.6 is 48.0 Å². The third kappa shape index (κ3) is 15.7. The first kappa shape index (κ1) is 46.3. The number of alkyl halides is 2. The maximum atomic E-state index is 5.59. The Morgan fingerprint density at radius 3 is 1.14 bits per heavy atom. The van der Waals surface area contributed by atoms with Gasteiger partial charge in [0.25, 0.3) is 0 Å². The molecule has 0 N–H and O–H groups in total. The Labute approximate surface area is 360 Å². The van der Waals surface area contributed by atoms with Crippen molar-refractivity contribution < 1.29 is 9.13 Å². The standard InChI is InChI=1S/C28H28N4.C10H10N2.C8H8Cl2.CH4.2ClH/c1-3-7-25(8-4-1)19-29-15-17-31(23-29)21-27-11-13-28(14-12-27)22-32-18-16-30(24-32)20-26-9-5-2-6-10-26;1-2-4-10(5-3-1)8-12-7-6-11-9-12;9-5-7-1-2-8(6-10)4-3-7;;;/h1-18,23-24H,19-22H2;1-7,9H,8H2;1-4H,5-6H2;1H4;2*1H/q+2;;;;;. The van der Waals surface area contributed by atoms with Gasteiger partial charge in [-0.1, -0.05) is 147 Å². The molecule has 0 radical (unpaired) electrons. The minimum atomic E-state index is 0. The Kier molecular flexibility index (Phi) is 20.5. The molecule has 0 spiro atoms. The van der Waals surface area contributed by atoms with Crippen LogP contribution in [0.5, 0.6) is 0 Å². The summed E-state index contributed by atoms with van der Waals surface area (Å²) < 4.78 is 11.0. The second-order valence-corrected chi connectivity index (χ2v) is 13.6. The van der Waals surface area contributed by atoms with Crippen molar-refractivity contribution in [2.75, 3.05) is 0 Å². The lowest BCUT2D eigenvalue weighted by atomic mass is 10.1. The molecule has 3 aromatic heterocycles. The average molecular weight is 843 g/mol. The van der Waals surface area contributed by atoms with Crippen LogP contribution in [0, 0.1) is 0 Å². The molecule has 0 aliphatic heterocycles. The lowest BCUT2D eigenvalue weighted by Gasteiger charge is -2.02. The van der Waals surface area contributed by atoms with Crippen molar-refractivity contribution in [1.29, 1.82) is 0 Å². The van der Waals surface area contributed by atoms with Crippen molar-refractivity contribution in [3.05, 3.63) is 235 Å². The molecular formula is C47H52Cl4N6+2. The third-order valence-electron chi connectivity index (χ3n) is 8.76. The fourth-order valence-corrected chi connectivity index (χ4v) is 6.26. The average Bonchev–Trinajstić information content (AvgIpc) is 4.01. The van der Waals surface area contributed by atoms with E-state index in [9.17, 15) is 0 Å². The van der Waals surface area contributed by atoms with Crippen molar-refractivity contribution in [3.8, 4) is 0 Å². The van der Waals surface area contributed by atoms with Crippen LogP contribution in [0.3, 0.4) is 0 Å². The quantitative estimate of drug-likeness (QED) is 0.0892. The molecule has 0 saturated carbocycles. The van der Waals surface area contributed by atoms with Crippen LogP contribution in [0.2, 0.25) is 0 Å². The van der Waals surface area contributed by atoms with Crippen LogP contribution in [0.25, 0.3) is 0 Å². The molecule has 6 nitrogen and oxygen atoms in total. The molecule has 8 rings (SSSR count). The summed E-state index contributed by atoms with van der Waals surface area (Å²) in [5, 5.41) is 0. The SMILES string of the molecule is C.Cl.Cl.ClCc1ccc(CCl)cc1.c1ccc(C[n+]2ccn(Cc3ccc(Cn4cc[n+](Cc5ccccc5)c4)cc3)c2)cc1.c1ccc(Cn2ccnc2)cc1. The topological polar surface area (TPSA) is 35.4 Å². The zero-order valence-electron chi connectivity index (χ0n) is 31.2. The normalized spacial score (nSPS) is 10.0. The molecule has 0 bridgehead atoms. The fourth-order valence-electron chi connectivity index (χ4n) is 5.90. The van der Waals surface area contributed by atoms with E-state index in [0.717, 1.165) is 43.9 Å². The van der Waals surface area contributed by atoms with Crippen molar-refractivity contribution in [3.63, 3.8) is 0 Å². The first-order chi connectivity index (χ1) is 26.6. The van der Waals surface area contributed by atoms with E-state index in [1.54, 1.807) is 6.20 Å². The van der Waals surface area contributed by atoms with Gasteiger partial charge in [0, 0.05) is 30.7 Å². The van der Waals surface area contributed by atoms with Gasteiger partial charge in [-0.3, -0.25) is 0 Å². The van der Waals surface area contributed by atoms with Gasteiger partial charge < -0.3 is 4.57 Å². The van der Waals surface area contributed by atoms with Gasteiger partial charge in [-0.2, -0.15) is 0 Å². The lowest BCUT2D eigenvalue weighted by Crippen LogP contribution is -2.31. The second kappa shape index (κ2) is 25.2. The van der Waals surface area contributed by atoms with Crippen molar-refractivity contribution in [2.24, 2.45) is 0 Å². The number of halogens is 4. The van der Waals surface area contributed by atoms with Gasteiger partial charge in [0.15, 0.2) is 0 Å². The van der Waals surface area contributed by atoms with E-state index in [2.05, 4.69) is 162 Å². The lowest BCUT2D eigenvalue weighted by molar-refractivity contribution is -0.688. The molecule has 0 saturated heterocycles. The first-order valence-electron chi connectivity index (χ1n) is 18.1. The Bertz CT molecular complexity index is 2080. The molecule has 10 heteroatoms. The van der Waals surface area contributed by atoms with Crippen molar-refractivity contribution in [2.45, 2.75) is 51.9 Å². The summed E-state index contributed by atoms with van der Waals surface area (Å²) in [4.78, 5) is 3.98. The molecular weight excluding hydrogens is 790 g/mol. The van der Waals surface area contributed by atoms with Gasteiger partial charge in [0.2, 0.25) is 12.7 Å². The summed E-state index contributed by atoms with van der Waals surface area (Å²) >= 11 is 11.2. The molecule has 0 amide bonds. The molecule has 0 aliphatic rings. The Hall–Kier alpha value is -5.11. The highest BCUT2D eigenvalue weighted by Crippen LogP contribution is 2.10. The molecule has 3 heterocycles. The van der Waals surface area contributed by atoms with Gasteiger partial charge in [-0.25, -0.2) is 23.3 Å². The van der Waals surface area contributed by atoms with E-state index in [4.69, 9.17) is 23.2 Å². The number of hydrogen-bond acceptors (Lipinski definition) is 1. The van der Waals surface area contributed by atoms with E-state index in [-0.39, 0.29) is 32.2 Å². The third-order valence-corrected chi connectivity index (χ3v) is 9.38. The number of rotatable bonds is 12. The van der Waals surface area contributed by atoms with Gasteiger partial charge in [-0.05, 0) is 38.9 Å². The number of aromatic nitrogens is 6. The zero-order chi connectivity index (χ0) is 37.2. The number of benzene rings is 5. The van der Waals surface area contributed by atoms with Crippen LogP contribution in [0.1, 0.15) is 46.4 Å². The highest BCUT2D eigenvalue weighted by molar-refractivity contribution is 6.17. The molecule has 8 aromatic rings. The smallest absolute Gasteiger partial charge is 0.244 e. The van der Waals surface area contributed by atoms with Crippen molar-refractivity contribution in [1.82, 2.24) is 18.7 Å². The van der Waals surface area contributed by atoms with Crippen LogP contribution in [0.4, 0.5) is 0 Å². The van der Waals surface area contributed by atoms with E-state index in [0.29, 0.717) is 11.8 Å². The summed E-state index contributed by atoms with van der Waals surface area (Å²) in [6, 6.07) is 48.4. The maximum absolute atomic E-state index is 5.59. The summed E-state index contributed by atoms with van der Waals surface area (Å²) in [6.45, 7) is 4.45. The highest BCUT2D eigenvalue weighted by Gasteiger charge is 2.08. The largest absolute Gasteiger partial charge is 0.333 e. The summed E-state index contributed by atoms with van der Waals surface area (Å²) in [5.74, 6) is 1.14. The highest BCUT2D eigenvalue weighted by atomic mass is 35.5. The monoisotopic (exact) mass is 840 g/mol. The number of imidazole rings is 3. The minimum absolute atomic E-state index is 0. The summed E-state index contributed by atoms with van der Waals surface area (Å²) in [5.41, 5.74) is 8.82. The van der Waals surface area contributed by atoms with E-state index in [1.165, 1.54) is 27.8 Å². The van der Waals surface area contributed by atoms with Crippen LogP contribution in [0.15, 0.2) is 196 Å². The zero-order valence-corrected chi connectivity index (χ0v) is 34.3. The van der Waals surface area contributed by atoms with Gasteiger partial charge in [0.1, 0.15) is 51.0 Å². The first-order valence-corrected chi connectivity index (χ1v) is 19.1. The van der Waals surface area contributed by atoms with Gasteiger partial charge in [0.05, 0.1) is 6.33 Å². The molecule has 296 valence electrons. The second-order valence-electron chi connectivity index (χ2n) is 13.1. The molecule has 57 heavy (non-hydrogen) atoms. The van der Waals surface area contributed by atoms with E-state index >= 15 is 0 Å². The predicted molar refractivity (Wildman–Crippen MR) is 240 cm³/mol. The predicted octanol–water partition coefficient (Wildman–Crippen LogP) is 10.6. The van der Waals surface area contributed by atoms with E-state index < -0.39 is 0 Å². The van der Waals surface area contributed by atoms with Crippen molar-refractivity contribution >= 4 is 48.0 Å². The molecule has 0 atom stereocenters. The molecule has 5 aromatic carbocycles. The Balaban J connectivity index is 0.000000286. The van der Waals surface area contributed by atoms with Gasteiger partial charge in [-0.15, -0.1) is 48.0 Å². The maximum Gasteiger partial charge on any atom is 0.244 e. The van der Waals surface area contributed by atoms with E-state index in [1.807, 2.05) is 55.0 Å². The number of hydrogen-bond donors (Lipinski definition) is 0. The molecule has 0 unspecified atom stereocenters. The Morgan fingerprint density at radius 1 is 0.421 bits per heavy atom. The van der Waals surface area contributed by atoms with Crippen LogP contribution in [-0.4, -0.2) is 18.7 Å². The van der Waals surface area contributed by atoms with Gasteiger partial charge >= 0.3 is 0 Å². The molecule has 0 fully saturated rings. The Morgan fingerprint density at radius 2 is 0.772 bits per heavy atom. The summed E-state index contributed by atoms with van der Waals surface area (Å²) in [6.07, 6.45) is 18.5. The van der Waals surface area contributed by atoms with Crippen LogP contribution < -0.4 is 9.13 Å². The van der Waals surface area contributed by atoms with Crippen LogP contribution in [-0.2, 0) is 44.5 Å². The number of nitrogens with zero attached hydrogens (tertiary/aromatic N) is 6. The molecule has 0 aliphatic carbocycles. The minimum Gasteiger partial charge on any atom is -0.333 e. The fraction of sp³-hybridized carbons (Fsp3) is 0.170. The summed E-state index contributed by atoms with van der Waals surface area (Å²) in [7, 11) is 0.